The fourth-order valence-electron chi connectivity index (χ4n) is 2.99. The van der Waals surface area contributed by atoms with Gasteiger partial charge in [-0.3, -0.25) is 19.7 Å². The molecule has 9 heteroatoms. The van der Waals surface area contributed by atoms with Gasteiger partial charge in [-0.2, -0.15) is 0 Å². The van der Waals surface area contributed by atoms with Crippen LogP contribution in [0.25, 0.3) is 0 Å². The smallest absolute Gasteiger partial charge is 0.273 e. The Morgan fingerprint density at radius 1 is 1.06 bits per heavy atom. The van der Waals surface area contributed by atoms with Gasteiger partial charge in [-0.15, -0.1) is 0 Å². The molecule has 1 N–H and O–H groups in total. The molecule has 0 radical (unpaired) electrons. The summed E-state index contributed by atoms with van der Waals surface area (Å²) in [5.74, 6) is -0.532. The molecule has 0 bridgehead atoms. The van der Waals surface area contributed by atoms with Crippen molar-refractivity contribution in [2.45, 2.75) is 39.8 Å². The van der Waals surface area contributed by atoms with E-state index < -0.39 is 16.9 Å². The second kappa shape index (κ2) is 11.1. The van der Waals surface area contributed by atoms with Gasteiger partial charge in [-0.1, -0.05) is 61.3 Å². The van der Waals surface area contributed by atoms with Gasteiger partial charge in [0.1, 0.15) is 6.04 Å². The van der Waals surface area contributed by atoms with Crippen molar-refractivity contribution in [2.75, 3.05) is 6.54 Å². The van der Waals surface area contributed by atoms with Crippen LogP contribution in [0.1, 0.15) is 31.9 Å². The number of carbonyl (C=O) groups excluding carboxylic acids is 2. The molecule has 1 atom stereocenters. The number of carbonyl (C=O) groups is 2. The number of nitro benzene ring substituents is 1. The zero-order valence-corrected chi connectivity index (χ0v) is 19.1. The molecular weight excluding hydrogens is 441 g/mol. The molecule has 0 fully saturated rings. The van der Waals surface area contributed by atoms with E-state index >= 15 is 0 Å². The highest BCUT2D eigenvalue weighted by Crippen LogP contribution is 2.27. The number of nitro groups is 1. The summed E-state index contributed by atoms with van der Waals surface area (Å²) in [6, 6.07) is 10.2. The molecule has 2 aromatic rings. The largest absolute Gasteiger partial charge is 0.354 e. The van der Waals surface area contributed by atoms with Crippen LogP contribution < -0.4 is 5.32 Å². The number of nitrogens with zero attached hydrogens (tertiary/aromatic N) is 2. The first kappa shape index (κ1) is 24.6. The van der Waals surface area contributed by atoms with E-state index in [1.54, 1.807) is 31.2 Å². The maximum atomic E-state index is 13.2. The Bertz CT molecular complexity index is 945. The minimum Gasteiger partial charge on any atom is -0.354 e. The topological polar surface area (TPSA) is 92.6 Å². The molecule has 7 nitrogen and oxygen atoms in total. The van der Waals surface area contributed by atoms with E-state index in [9.17, 15) is 19.7 Å². The van der Waals surface area contributed by atoms with Crippen LogP contribution in [0.5, 0.6) is 0 Å². The Labute approximate surface area is 191 Å². The number of amides is 2. The Kier molecular flexibility index (Phi) is 8.83. The zero-order chi connectivity index (χ0) is 23.1. The van der Waals surface area contributed by atoms with Crippen LogP contribution in [0, 0.1) is 16.0 Å². The summed E-state index contributed by atoms with van der Waals surface area (Å²) < 4.78 is 0. The predicted molar refractivity (Wildman–Crippen MR) is 121 cm³/mol. The van der Waals surface area contributed by atoms with E-state index in [4.69, 9.17) is 23.2 Å². The third-order valence-electron chi connectivity index (χ3n) is 4.77. The molecule has 0 heterocycles. The summed E-state index contributed by atoms with van der Waals surface area (Å²) in [6.07, 6.45) is -0.235. The highest BCUT2D eigenvalue weighted by Gasteiger charge is 2.29. The zero-order valence-electron chi connectivity index (χ0n) is 17.6. The highest BCUT2D eigenvalue weighted by molar-refractivity contribution is 6.36. The molecule has 2 amide bonds. The van der Waals surface area contributed by atoms with Crippen molar-refractivity contribution >= 4 is 40.7 Å². The maximum absolute atomic E-state index is 13.2. The van der Waals surface area contributed by atoms with E-state index in [1.165, 1.54) is 23.1 Å². The van der Waals surface area contributed by atoms with Crippen molar-refractivity contribution in [3.63, 3.8) is 0 Å². The second-order valence-electron chi connectivity index (χ2n) is 7.60. The van der Waals surface area contributed by atoms with Crippen LogP contribution in [-0.2, 0) is 22.6 Å². The molecule has 2 aromatic carbocycles. The number of benzene rings is 2. The summed E-state index contributed by atoms with van der Waals surface area (Å²) in [4.78, 5) is 38.1. The highest BCUT2D eigenvalue weighted by atomic mass is 35.5. The summed E-state index contributed by atoms with van der Waals surface area (Å²) >= 11 is 12.6. The van der Waals surface area contributed by atoms with Gasteiger partial charge >= 0.3 is 0 Å². The molecule has 1 unspecified atom stereocenters. The van der Waals surface area contributed by atoms with Crippen LogP contribution in [-0.4, -0.2) is 34.2 Å². The van der Waals surface area contributed by atoms with Crippen molar-refractivity contribution in [1.82, 2.24) is 10.2 Å². The maximum Gasteiger partial charge on any atom is 0.273 e. The third kappa shape index (κ3) is 6.67. The standard InChI is InChI=1S/C22H25Cl2N3O4/c1-14(2)12-25-22(29)15(3)26(13-17-18(23)8-6-9-19(17)24)21(28)11-16-7-4-5-10-20(16)27(30)31/h4-10,14-15H,11-13H2,1-3H3,(H,25,29). The van der Waals surface area contributed by atoms with Gasteiger partial charge in [0.15, 0.2) is 0 Å². The lowest BCUT2D eigenvalue weighted by atomic mass is 10.1. The lowest BCUT2D eigenvalue weighted by molar-refractivity contribution is -0.385. The van der Waals surface area contributed by atoms with E-state index in [1.807, 2.05) is 13.8 Å². The SMILES string of the molecule is CC(C)CNC(=O)C(C)N(Cc1c(Cl)cccc1Cl)C(=O)Cc1ccccc1[N+](=O)[O-]. The van der Waals surface area contributed by atoms with Crippen molar-refractivity contribution in [3.05, 3.63) is 73.8 Å². The molecule has 0 spiro atoms. The number of para-hydroxylation sites is 1. The summed E-state index contributed by atoms with van der Waals surface area (Å²) in [6.45, 7) is 5.99. The number of halogens is 2. The van der Waals surface area contributed by atoms with Crippen molar-refractivity contribution in [3.8, 4) is 0 Å². The van der Waals surface area contributed by atoms with Gasteiger partial charge in [-0.25, -0.2) is 0 Å². The Morgan fingerprint density at radius 3 is 2.26 bits per heavy atom. The minimum absolute atomic E-state index is 0.00572. The van der Waals surface area contributed by atoms with E-state index in [2.05, 4.69) is 5.32 Å². The summed E-state index contributed by atoms with van der Waals surface area (Å²) in [7, 11) is 0. The Balaban J connectivity index is 2.35. The van der Waals surface area contributed by atoms with Crippen molar-refractivity contribution < 1.29 is 14.5 Å². The van der Waals surface area contributed by atoms with E-state index in [0.717, 1.165) is 0 Å². The third-order valence-corrected chi connectivity index (χ3v) is 5.48. The molecule has 0 saturated heterocycles. The van der Waals surface area contributed by atoms with Crippen LogP contribution in [0.15, 0.2) is 42.5 Å². The number of rotatable bonds is 9. The average Bonchev–Trinajstić information content (AvgIpc) is 2.71. The molecular formula is C22H25Cl2N3O4. The number of hydrogen-bond acceptors (Lipinski definition) is 4. The first-order valence-corrected chi connectivity index (χ1v) is 10.6. The average molecular weight is 466 g/mol. The van der Waals surface area contributed by atoms with Gasteiger partial charge in [-0.05, 0) is 25.0 Å². The van der Waals surface area contributed by atoms with Gasteiger partial charge in [0.05, 0.1) is 11.3 Å². The van der Waals surface area contributed by atoms with Crippen LogP contribution in [0.4, 0.5) is 5.69 Å². The first-order chi connectivity index (χ1) is 14.6. The molecule has 0 aliphatic rings. The quantitative estimate of drug-likeness (QED) is 0.431. The van der Waals surface area contributed by atoms with Crippen LogP contribution >= 0.6 is 23.2 Å². The van der Waals surface area contributed by atoms with Crippen LogP contribution in [0.2, 0.25) is 10.0 Å². The second-order valence-corrected chi connectivity index (χ2v) is 8.41. The predicted octanol–water partition coefficient (Wildman–Crippen LogP) is 4.63. The van der Waals surface area contributed by atoms with Crippen molar-refractivity contribution in [1.29, 1.82) is 0 Å². The fourth-order valence-corrected chi connectivity index (χ4v) is 3.51. The van der Waals surface area contributed by atoms with Gasteiger partial charge in [0.2, 0.25) is 11.8 Å². The lowest BCUT2D eigenvalue weighted by Gasteiger charge is -2.29. The Morgan fingerprint density at radius 2 is 1.68 bits per heavy atom. The number of hydrogen-bond donors (Lipinski definition) is 1. The number of nitrogens with one attached hydrogen (secondary N) is 1. The van der Waals surface area contributed by atoms with E-state index in [0.29, 0.717) is 22.2 Å². The molecule has 0 aliphatic heterocycles. The summed E-state index contributed by atoms with van der Waals surface area (Å²) in [5.41, 5.74) is 0.622. The summed E-state index contributed by atoms with van der Waals surface area (Å²) in [5, 5.41) is 14.9. The normalized spacial score (nSPS) is 11.8. The van der Waals surface area contributed by atoms with E-state index in [-0.39, 0.29) is 36.0 Å². The van der Waals surface area contributed by atoms with Crippen LogP contribution in [0.3, 0.4) is 0 Å². The molecule has 31 heavy (non-hydrogen) atoms. The molecule has 0 aromatic heterocycles. The lowest BCUT2D eigenvalue weighted by Crippen LogP contribution is -2.48. The monoisotopic (exact) mass is 465 g/mol. The molecule has 2 rings (SSSR count). The Hall–Kier alpha value is -2.64. The molecule has 166 valence electrons. The fraction of sp³-hybridized carbons (Fsp3) is 0.364. The minimum atomic E-state index is -0.832. The van der Waals surface area contributed by atoms with Gasteiger partial charge < -0.3 is 10.2 Å². The molecule has 0 saturated carbocycles. The van der Waals surface area contributed by atoms with Gasteiger partial charge in [0, 0.05) is 40.3 Å². The first-order valence-electron chi connectivity index (χ1n) is 9.84. The molecule has 0 aliphatic carbocycles. The van der Waals surface area contributed by atoms with Gasteiger partial charge in [0.25, 0.3) is 5.69 Å². The van der Waals surface area contributed by atoms with Crippen molar-refractivity contribution in [2.24, 2.45) is 5.92 Å².